The van der Waals surface area contributed by atoms with Gasteiger partial charge < -0.3 is 10.1 Å². The topological polar surface area (TPSA) is 75.7 Å². The summed E-state index contributed by atoms with van der Waals surface area (Å²) in [6, 6.07) is 11.1. The van der Waals surface area contributed by atoms with E-state index in [9.17, 15) is 14.4 Å². The second kappa shape index (κ2) is 7.58. The molecule has 1 saturated heterocycles. The van der Waals surface area contributed by atoms with Crippen molar-refractivity contribution >= 4 is 46.2 Å². The predicted octanol–water partition coefficient (Wildman–Crippen LogP) is 3.42. The van der Waals surface area contributed by atoms with Crippen LogP contribution in [-0.2, 0) is 9.59 Å². The Kier molecular flexibility index (Phi) is 5.00. The summed E-state index contributed by atoms with van der Waals surface area (Å²) in [5.41, 5.74) is 0.906. The van der Waals surface area contributed by atoms with E-state index in [1.54, 1.807) is 6.08 Å². The standard InChI is InChI=1S/C19H16N2O4S2/c22-17(20-14-7-8-25-15-6-2-1-5-13(14)15)11-21-18(23)16(27-19(21)24)10-12-4-3-9-26-12/h1-6,9-10,14H,7-8,11H2,(H,20,22)/b16-10+. The minimum atomic E-state index is -0.430. The molecular formula is C19H16N2O4S2. The van der Waals surface area contributed by atoms with Gasteiger partial charge in [0.1, 0.15) is 12.3 Å². The van der Waals surface area contributed by atoms with Crippen molar-refractivity contribution < 1.29 is 19.1 Å². The van der Waals surface area contributed by atoms with Crippen LogP contribution in [0.2, 0.25) is 0 Å². The number of hydrogen-bond donors (Lipinski definition) is 1. The fourth-order valence-corrected chi connectivity index (χ4v) is 4.58. The average Bonchev–Trinajstić information content (AvgIpc) is 3.26. The van der Waals surface area contributed by atoms with E-state index in [1.807, 2.05) is 41.8 Å². The molecule has 0 aliphatic carbocycles. The Bertz CT molecular complexity index is 924. The molecule has 1 aromatic heterocycles. The Labute approximate surface area is 164 Å². The van der Waals surface area contributed by atoms with Crippen molar-refractivity contribution in [2.75, 3.05) is 13.2 Å². The van der Waals surface area contributed by atoms with E-state index in [1.165, 1.54) is 11.3 Å². The first-order valence-corrected chi connectivity index (χ1v) is 10.1. The largest absolute Gasteiger partial charge is 0.493 e. The number of nitrogens with zero attached hydrogens (tertiary/aromatic N) is 1. The number of benzene rings is 1. The number of hydrogen-bond acceptors (Lipinski definition) is 6. The number of rotatable bonds is 4. The molecule has 0 radical (unpaired) electrons. The SMILES string of the molecule is O=C(CN1C(=O)S/C(=C/c2cccs2)C1=O)NC1CCOc2ccccc21. The summed E-state index contributed by atoms with van der Waals surface area (Å²) in [5, 5.41) is 4.38. The zero-order chi connectivity index (χ0) is 18.8. The zero-order valence-corrected chi connectivity index (χ0v) is 15.8. The molecule has 138 valence electrons. The monoisotopic (exact) mass is 400 g/mol. The third-order valence-corrected chi connectivity index (χ3v) is 6.01. The van der Waals surface area contributed by atoms with E-state index in [4.69, 9.17) is 4.74 Å². The van der Waals surface area contributed by atoms with Crippen molar-refractivity contribution in [3.63, 3.8) is 0 Å². The molecule has 1 N–H and O–H groups in total. The first kappa shape index (κ1) is 17.8. The van der Waals surface area contributed by atoms with Crippen LogP contribution in [0, 0.1) is 0 Å². The third kappa shape index (κ3) is 3.77. The molecule has 0 bridgehead atoms. The van der Waals surface area contributed by atoms with Crippen LogP contribution in [0.15, 0.2) is 46.7 Å². The van der Waals surface area contributed by atoms with E-state index in [2.05, 4.69) is 5.32 Å². The second-order valence-corrected chi connectivity index (χ2v) is 8.05. The molecule has 27 heavy (non-hydrogen) atoms. The molecule has 2 aliphatic rings. The Morgan fingerprint density at radius 3 is 2.93 bits per heavy atom. The molecule has 3 amide bonds. The number of thiophene rings is 1. The number of thioether (sulfide) groups is 1. The molecular weight excluding hydrogens is 384 g/mol. The fourth-order valence-electron chi connectivity index (χ4n) is 3.01. The third-order valence-electron chi connectivity index (χ3n) is 4.29. The van der Waals surface area contributed by atoms with Gasteiger partial charge in [0.2, 0.25) is 5.91 Å². The van der Waals surface area contributed by atoms with Gasteiger partial charge in [0.05, 0.1) is 17.6 Å². The molecule has 2 aliphatic heterocycles. The Morgan fingerprint density at radius 2 is 2.11 bits per heavy atom. The summed E-state index contributed by atoms with van der Waals surface area (Å²) in [6.45, 7) is 0.221. The first-order valence-electron chi connectivity index (χ1n) is 8.42. The van der Waals surface area contributed by atoms with E-state index >= 15 is 0 Å². The average molecular weight is 400 g/mol. The van der Waals surface area contributed by atoms with Crippen LogP contribution in [0.3, 0.4) is 0 Å². The fraction of sp³-hybridized carbons (Fsp3) is 0.211. The van der Waals surface area contributed by atoms with Crippen molar-refractivity contribution in [3.8, 4) is 5.75 Å². The summed E-state index contributed by atoms with van der Waals surface area (Å²) >= 11 is 2.34. The molecule has 1 unspecified atom stereocenters. The highest BCUT2D eigenvalue weighted by atomic mass is 32.2. The lowest BCUT2D eigenvalue weighted by atomic mass is 10.0. The molecule has 2 aromatic rings. The number of fused-ring (bicyclic) bond motifs is 1. The lowest BCUT2D eigenvalue weighted by molar-refractivity contribution is -0.129. The summed E-state index contributed by atoms with van der Waals surface area (Å²) in [7, 11) is 0. The van der Waals surface area contributed by atoms with Crippen LogP contribution in [-0.4, -0.2) is 35.1 Å². The Balaban J connectivity index is 1.43. The molecule has 0 spiro atoms. The molecule has 4 rings (SSSR count). The zero-order valence-electron chi connectivity index (χ0n) is 14.2. The van der Waals surface area contributed by atoms with Gasteiger partial charge in [0.15, 0.2) is 0 Å². The highest BCUT2D eigenvalue weighted by Gasteiger charge is 2.36. The van der Waals surface area contributed by atoms with Crippen molar-refractivity contribution in [1.29, 1.82) is 0 Å². The number of amides is 3. The number of carbonyl (C=O) groups is 3. The molecule has 8 heteroatoms. The van der Waals surface area contributed by atoms with Gasteiger partial charge in [-0.25, -0.2) is 0 Å². The van der Waals surface area contributed by atoms with Crippen LogP contribution in [0.4, 0.5) is 4.79 Å². The van der Waals surface area contributed by atoms with Crippen LogP contribution >= 0.6 is 23.1 Å². The van der Waals surface area contributed by atoms with Gasteiger partial charge in [0.25, 0.3) is 11.1 Å². The van der Waals surface area contributed by atoms with Gasteiger partial charge in [-0.2, -0.15) is 0 Å². The number of ether oxygens (including phenoxy) is 1. The van der Waals surface area contributed by atoms with E-state index in [0.717, 1.165) is 32.9 Å². The quantitative estimate of drug-likeness (QED) is 0.796. The van der Waals surface area contributed by atoms with E-state index < -0.39 is 11.1 Å². The molecule has 1 aromatic carbocycles. The molecule has 6 nitrogen and oxygen atoms in total. The highest BCUT2D eigenvalue weighted by Crippen LogP contribution is 2.34. The number of para-hydroxylation sites is 1. The summed E-state index contributed by atoms with van der Waals surface area (Å²) in [4.78, 5) is 39.4. The van der Waals surface area contributed by atoms with Gasteiger partial charge in [-0.05, 0) is 35.4 Å². The second-order valence-electron chi connectivity index (χ2n) is 6.08. The normalized spacial score (nSPS) is 20.5. The minimum absolute atomic E-state index is 0.191. The lowest BCUT2D eigenvalue weighted by Gasteiger charge is -2.27. The van der Waals surface area contributed by atoms with Crippen LogP contribution in [0.25, 0.3) is 6.08 Å². The van der Waals surface area contributed by atoms with Gasteiger partial charge in [-0.1, -0.05) is 24.3 Å². The first-order chi connectivity index (χ1) is 13.1. The minimum Gasteiger partial charge on any atom is -0.493 e. The summed E-state index contributed by atoms with van der Waals surface area (Å²) in [5.74, 6) is -0.0450. The molecule has 3 heterocycles. The number of nitrogens with one attached hydrogen (secondary N) is 1. The number of imide groups is 1. The maximum atomic E-state index is 12.5. The summed E-state index contributed by atoms with van der Waals surface area (Å²) in [6.07, 6.45) is 2.32. The Morgan fingerprint density at radius 1 is 1.26 bits per heavy atom. The highest BCUT2D eigenvalue weighted by molar-refractivity contribution is 8.18. The maximum Gasteiger partial charge on any atom is 0.294 e. The van der Waals surface area contributed by atoms with Gasteiger partial charge in [-0.15, -0.1) is 11.3 Å². The predicted molar refractivity (Wildman–Crippen MR) is 104 cm³/mol. The molecule has 1 atom stereocenters. The van der Waals surface area contributed by atoms with Gasteiger partial charge in [0, 0.05) is 16.9 Å². The van der Waals surface area contributed by atoms with E-state index in [0.29, 0.717) is 17.9 Å². The smallest absolute Gasteiger partial charge is 0.294 e. The van der Waals surface area contributed by atoms with Crippen LogP contribution in [0.1, 0.15) is 22.9 Å². The lowest BCUT2D eigenvalue weighted by Crippen LogP contribution is -2.41. The van der Waals surface area contributed by atoms with Crippen LogP contribution in [0.5, 0.6) is 5.75 Å². The van der Waals surface area contributed by atoms with E-state index in [-0.39, 0.29) is 18.5 Å². The van der Waals surface area contributed by atoms with Crippen molar-refractivity contribution in [1.82, 2.24) is 10.2 Å². The van der Waals surface area contributed by atoms with Gasteiger partial charge in [-0.3, -0.25) is 19.3 Å². The van der Waals surface area contributed by atoms with Crippen molar-refractivity contribution in [2.24, 2.45) is 0 Å². The molecule has 0 saturated carbocycles. The molecule has 1 fully saturated rings. The maximum absolute atomic E-state index is 12.5. The van der Waals surface area contributed by atoms with Gasteiger partial charge >= 0.3 is 0 Å². The van der Waals surface area contributed by atoms with Crippen molar-refractivity contribution in [3.05, 3.63) is 57.1 Å². The Hall–Kier alpha value is -2.58. The number of carbonyl (C=O) groups excluding carboxylic acids is 3. The van der Waals surface area contributed by atoms with Crippen molar-refractivity contribution in [2.45, 2.75) is 12.5 Å². The summed E-state index contributed by atoms with van der Waals surface area (Å²) < 4.78 is 5.59. The van der Waals surface area contributed by atoms with Crippen LogP contribution < -0.4 is 10.1 Å².